The Morgan fingerprint density at radius 1 is 1.42 bits per heavy atom. The average molecular weight is 375 g/mol. The van der Waals surface area contributed by atoms with Gasteiger partial charge in [0.05, 0.1) is 12.5 Å². The number of primary amides is 1. The zero-order valence-corrected chi connectivity index (χ0v) is 15.6. The zero-order valence-electron chi connectivity index (χ0n) is 14.0. The van der Waals surface area contributed by atoms with Crippen LogP contribution in [0.15, 0.2) is 17.5 Å². The van der Waals surface area contributed by atoms with Crippen LogP contribution in [-0.4, -0.2) is 43.5 Å². The molecule has 1 aliphatic heterocycles. The Kier molecular flexibility index (Phi) is 9.10. The highest BCUT2D eigenvalue weighted by Gasteiger charge is 2.26. The van der Waals surface area contributed by atoms with E-state index in [-0.39, 0.29) is 30.8 Å². The van der Waals surface area contributed by atoms with E-state index in [0.29, 0.717) is 5.92 Å². The van der Waals surface area contributed by atoms with E-state index in [0.717, 1.165) is 37.4 Å². The van der Waals surface area contributed by atoms with Crippen LogP contribution in [0.1, 0.15) is 36.6 Å². The van der Waals surface area contributed by atoms with Crippen LogP contribution in [0.4, 0.5) is 4.79 Å². The van der Waals surface area contributed by atoms with E-state index in [4.69, 9.17) is 5.73 Å². The Morgan fingerprint density at radius 2 is 2.12 bits per heavy atom. The third-order valence-corrected chi connectivity index (χ3v) is 5.34. The summed E-state index contributed by atoms with van der Waals surface area (Å²) in [6.07, 6.45) is 3.55. The molecule has 0 aromatic carbocycles. The summed E-state index contributed by atoms with van der Waals surface area (Å²) in [6.45, 7) is 2.64. The SMILES string of the molecule is CNCCC1CCN(C(=O)CC(NC(N)=O)c2cccs2)CC1.Cl. The molecule has 1 aliphatic rings. The van der Waals surface area contributed by atoms with Gasteiger partial charge < -0.3 is 21.3 Å². The molecule has 0 aliphatic carbocycles. The van der Waals surface area contributed by atoms with Crippen molar-refractivity contribution in [1.29, 1.82) is 0 Å². The highest BCUT2D eigenvalue weighted by Crippen LogP contribution is 2.25. The van der Waals surface area contributed by atoms with Gasteiger partial charge in [-0.15, -0.1) is 23.7 Å². The summed E-state index contributed by atoms with van der Waals surface area (Å²) in [4.78, 5) is 26.6. The fourth-order valence-corrected chi connectivity index (χ4v) is 3.79. The number of carbonyl (C=O) groups excluding carboxylic acids is 2. The molecule has 1 aromatic rings. The number of urea groups is 1. The van der Waals surface area contributed by atoms with Crippen molar-refractivity contribution in [3.8, 4) is 0 Å². The van der Waals surface area contributed by atoms with E-state index < -0.39 is 6.03 Å². The number of hydrogen-bond donors (Lipinski definition) is 3. The van der Waals surface area contributed by atoms with Crippen molar-refractivity contribution < 1.29 is 9.59 Å². The number of halogens is 1. The first kappa shape index (κ1) is 20.7. The number of amides is 3. The first-order chi connectivity index (χ1) is 11.1. The molecule has 0 bridgehead atoms. The lowest BCUT2D eigenvalue weighted by Gasteiger charge is -2.33. The Labute approximate surface area is 153 Å². The van der Waals surface area contributed by atoms with E-state index >= 15 is 0 Å². The van der Waals surface area contributed by atoms with Crippen LogP contribution in [0.2, 0.25) is 0 Å². The maximum absolute atomic E-state index is 12.5. The van der Waals surface area contributed by atoms with E-state index in [1.165, 1.54) is 17.8 Å². The lowest BCUT2D eigenvalue weighted by atomic mass is 9.93. The number of rotatable bonds is 7. The van der Waals surface area contributed by atoms with Crippen LogP contribution in [0.5, 0.6) is 0 Å². The number of carbonyl (C=O) groups is 2. The van der Waals surface area contributed by atoms with Gasteiger partial charge in [-0.25, -0.2) is 4.79 Å². The van der Waals surface area contributed by atoms with Gasteiger partial charge in [0.2, 0.25) is 5.91 Å². The molecule has 0 radical (unpaired) electrons. The van der Waals surface area contributed by atoms with Crippen LogP contribution in [0.25, 0.3) is 0 Å². The molecule has 3 amide bonds. The highest BCUT2D eigenvalue weighted by atomic mass is 35.5. The molecule has 0 saturated carbocycles. The molecule has 1 atom stereocenters. The lowest BCUT2D eigenvalue weighted by Crippen LogP contribution is -2.41. The molecular weight excluding hydrogens is 348 g/mol. The Bertz CT molecular complexity index is 504. The van der Waals surface area contributed by atoms with E-state index in [1.54, 1.807) is 0 Å². The molecule has 0 spiro atoms. The maximum Gasteiger partial charge on any atom is 0.312 e. The van der Waals surface area contributed by atoms with Crippen LogP contribution >= 0.6 is 23.7 Å². The normalized spacial score (nSPS) is 16.3. The standard InChI is InChI=1S/C16H26N4O2S.ClH/c1-18-7-4-12-5-8-20(9-6-12)15(21)11-13(19-16(17)22)14-3-2-10-23-14;/h2-3,10,12-13,18H,4-9,11H2,1H3,(H3,17,19,22);1H. The number of nitrogens with one attached hydrogen (secondary N) is 2. The summed E-state index contributed by atoms with van der Waals surface area (Å²) >= 11 is 1.52. The van der Waals surface area contributed by atoms with Gasteiger partial charge in [0, 0.05) is 18.0 Å². The lowest BCUT2D eigenvalue weighted by molar-refractivity contribution is -0.133. The molecule has 24 heavy (non-hydrogen) atoms. The molecule has 2 heterocycles. The Hall–Kier alpha value is -1.31. The monoisotopic (exact) mass is 374 g/mol. The molecule has 1 unspecified atom stereocenters. The summed E-state index contributed by atoms with van der Waals surface area (Å²) in [7, 11) is 1.97. The van der Waals surface area contributed by atoms with Gasteiger partial charge >= 0.3 is 6.03 Å². The van der Waals surface area contributed by atoms with Crippen molar-refractivity contribution in [3.63, 3.8) is 0 Å². The number of nitrogens with zero attached hydrogens (tertiary/aromatic N) is 1. The van der Waals surface area contributed by atoms with Crippen LogP contribution in [-0.2, 0) is 4.79 Å². The largest absolute Gasteiger partial charge is 0.352 e. The van der Waals surface area contributed by atoms with Gasteiger partial charge in [-0.1, -0.05) is 6.07 Å². The smallest absolute Gasteiger partial charge is 0.312 e. The van der Waals surface area contributed by atoms with Crippen molar-refractivity contribution >= 4 is 35.7 Å². The van der Waals surface area contributed by atoms with Gasteiger partial charge in [0.15, 0.2) is 0 Å². The van der Waals surface area contributed by atoms with E-state index in [9.17, 15) is 9.59 Å². The van der Waals surface area contributed by atoms with E-state index in [2.05, 4.69) is 10.6 Å². The van der Waals surface area contributed by atoms with Crippen LogP contribution < -0.4 is 16.4 Å². The summed E-state index contributed by atoms with van der Waals surface area (Å²) in [5.41, 5.74) is 5.24. The first-order valence-corrected chi connectivity index (χ1v) is 9.00. The van der Waals surface area contributed by atoms with Gasteiger partial charge in [-0.05, 0) is 50.2 Å². The maximum atomic E-state index is 12.5. The average Bonchev–Trinajstić information content (AvgIpc) is 3.06. The van der Waals surface area contributed by atoms with Gasteiger partial charge in [-0.3, -0.25) is 4.79 Å². The quantitative estimate of drug-likeness (QED) is 0.683. The molecule has 6 nitrogen and oxygen atoms in total. The Balaban J connectivity index is 0.00000288. The number of thiophene rings is 1. The number of piperidine rings is 1. The van der Waals surface area contributed by atoms with Crippen molar-refractivity contribution in [3.05, 3.63) is 22.4 Å². The van der Waals surface area contributed by atoms with Crippen molar-refractivity contribution in [2.75, 3.05) is 26.7 Å². The molecule has 4 N–H and O–H groups in total. The second-order valence-corrected chi connectivity index (χ2v) is 6.98. The summed E-state index contributed by atoms with van der Waals surface area (Å²) in [5.74, 6) is 0.785. The number of likely N-dealkylation sites (tertiary alicyclic amines) is 1. The van der Waals surface area contributed by atoms with Gasteiger partial charge in [0.1, 0.15) is 0 Å². The zero-order chi connectivity index (χ0) is 16.7. The van der Waals surface area contributed by atoms with Crippen molar-refractivity contribution in [2.45, 2.75) is 31.7 Å². The minimum Gasteiger partial charge on any atom is -0.352 e. The van der Waals surface area contributed by atoms with Crippen LogP contribution in [0.3, 0.4) is 0 Å². The Morgan fingerprint density at radius 3 is 2.67 bits per heavy atom. The van der Waals surface area contributed by atoms with Crippen molar-refractivity contribution in [2.24, 2.45) is 11.7 Å². The first-order valence-electron chi connectivity index (χ1n) is 8.12. The fraction of sp³-hybridized carbons (Fsp3) is 0.625. The second kappa shape index (κ2) is 10.5. The molecule has 1 aromatic heterocycles. The summed E-state index contributed by atoms with van der Waals surface area (Å²) in [6, 6.07) is 2.90. The fourth-order valence-electron chi connectivity index (χ4n) is 3.01. The van der Waals surface area contributed by atoms with Gasteiger partial charge in [0.25, 0.3) is 0 Å². The highest BCUT2D eigenvalue weighted by molar-refractivity contribution is 7.10. The predicted octanol–water partition coefficient (Wildman–Crippen LogP) is 2.12. The van der Waals surface area contributed by atoms with Crippen LogP contribution in [0, 0.1) is 5.92 Å². The third kappa shape index (κ3) is 6.30. The molecule has 8 heteroatoms. The molecule has 1 fully saturated rings. The predicted molar refractivity (Wildman–Crippen MR) is 99.5 cm³/mol. The minimum absolute atomic E-state index is 0. The summed E-state index contributed by atoms with van der Waals surface area (Å²) in [5, 5.41) is 7.79. The number of hydrogen-bond acceptors (Lipinski definition) is 4. The molecular formula is C16H27ClN4O2S. The summed E-state index contributed by atoms with van der Waals surface area (Å²) < 4.78 is 0. The molecule has 2 rings (SSSR count). The number of nitrogens with two attached hydrogens (primary N) is 1. The van der Waals surface area contributed by atoms with Crippen molar-refractivity contribution in [1.82, 2.24) is 15.5 Å². The topological polar surface area (TPSA) is 87.5 Å². The third-order valence-electron chi connectivity index (χ3n) is 4.35. The molecule has 1 saturated heterocycles. The molecule has 136 valence electrons. The second-order valence-electron chi connectivity index (χ2n) is 6.00. The van der Waals surface area contributed by atoms with Gasteiger partial charge in [-0.2, -0.15) is 0 Å². The van der Waals surface area contributed by atoms with E-state index in [1.807, 2.05) is 29.5 Å². The minimum atomic E-state index is -0.595.